The van der Waals surface area contributed by atoms with Gasteiger partial charge in [-0.25, -0.2) is 9.18 Å². The molecule has 0 aliphatic carbocycles. The molecule has 4 heteroatoms. The van der Waals surface area contributed by atoms with Crippen molar-refractivity contribution in [3.05, 3.63) is 35.7 Å². The summed E-state index contributed by atoms with van der Waals surface area (Å²) in [6.07, 6.45) is 7.10. The number of carboxylic acid groups (broad SMARTS) is 1. The van der Waals surface area contributed by atoms with E-state index in [1.807, 2.05) is 6.07 Å². The van der Waals surface area contributed by atoms with Gasteiger partial charge in [-0.1, -0.05) is 12.8 Å². The zero-order chi connectivity index (χ0) is 14.5. The predicted molar refractivity (Wildman–Crippen MR) is 78.3 cm³/mol. The fourth-order valence-corrected chi connectivity index (χ4v) is 2.68. The van der Waals surface area contributed by atoms with Gasteiger partial charge in [-0.2, -0.15) is 0 Å². The van der Waals surface area contributed by atoms with E-state index in [0.717, 1.165) is 31.1 Å². The fraction of sp³-hybridized carbons (Fsp3) is 0.438. The van der Waals surface area contributed by atoms with Crippen molar-refractivity contribution in [1.82, 2.24) is 0 Å². The molecule has 1 aliphatic rings. The number of halogens is 1. The molecule has 1 aromatic carbocycles. The Morgan fingerprint density at radius 3 is 2.90 bits per heavy atom. The first kappa shape index (κ1) is 14.6. The van der Waals surface area contributed by atoms with Crippen LogP contribution < -0.4 is 4.90 Å². The minimum atomic E-state index is -1.03. The minimum absolute atomic E-state index is 0.330. The lowest BCUT2D eigenvalue weighted by Crippen LogP contribution is -2.32. The number of hydrogen-bond donors (Lipinski definition) is 1. The highest BCUT2D eigenvalue weighted by Crippen LogP contribution is 2.26. The van der Waals surface area contributed by atoms with Gasteiger partial charge in [0.25, 0.3) is 0 Å². The van der Waals surface area contributed by atoms with Crippen LogP contribution in [0.1, 0.15) is 38.2 Å². The predicted octanol–water partition coefficient (Wildman–Crippen LogP) is 3.69. The van der Waals surface area contributed by atoms with E-state index >= 15 is 0 Å². The topological polar surface area (TPSA) is 40.5 Å². The van der Waals surface area contributed by atoms with Crippen LogP contribution in [0.4, 0.5) is 10.1 Å². The van der Waals surface area contributed by atoms with Gasteiger partial charge in [-0.15, -0.1) is 0 Å². The molecule has 1 aliphatic heterocycles. The van der Waals surface area contributed by atoms with Gasteiger partial charge in [0.2, 0.25) is 0 Å². The van der Waals surface area contributed by atoms with Crippen molar-refractivity contribution in [1.29, 1.82) is 0 Å². The molecule has 1 heterocycles. The summed E-state index contributed by atoms with van der Waals surface area (Å²) in [6.45, 7) is 3.08. The zero-order valence-electron chi connectivity index (χ0n) is 11.7. The lowest BCUT2D eigenvalue weighted by molar-refractivity contribution is -0.131. The van der Waals surface area contributed by atoms with Crippen molar-refractivity contribution in [2.75, 3.05) is 11.4 Å². The molecule has 1 saturated heterocycles. The maximum atomic E-state index is 13.7. The summed E-state index contributed by atoms with van der Waals surface area (Å²) in [5.41, 5.74) is 1.42. The monoisotopic (exact) mass is 277 g/mol. The molecule has 20 heavy (non-hydrogen) atoms. The maximum absolute atomic E-state index is 13.7. The quantitative estimate of drug-likeness (QED) is 0.857. The number of carboxylic acids is 1. The second-order valence-corrected chi connectivity index (χ2v) is 5.31. The highest BCUT2D eigenvalue weighted by Gasteiger charge is 2.18. The van der Waals surface area contributed by atoms with Gasteiger partial charge in [0.1, 0.15) is 5.82 Å². The third-order valence-electron chi connectivity index (χ3n) is 3.71. The molecule has 0 aromatic heterocycles. The molecule has 1 unspecified atom stereocenters. The normalized spacial score (nSPS) is 20.1. The Labute approximate surface area is 118 Å². The van der Waals surface area contributed by atoms with Gasteiger partial charge in [0, 0.05) is 24.4 Å². The molecule has 2 rings (SSSR count). The third kappa shape index (κ3) is 3.83. The van der Waals surface area contributed by atoms with E-state index < -0.39 is 5.97 Å². The molecule has 1 aromatic rings. The molecule has 108 valence electrons. The van der Waals surface area contributed by atoms with Gasteiger partial charge in [-0.3, -0.25) is 0 Å². The van der Waals surface area contributed by atoms with Crippen LogP contribution in [0.25, 0.3) is 6.08 Å². The van der Waals surface area contributed by atoms with Crippen LogP contribution >= 0.6 is 0 Å². The van der Waals surface area contributed by atoms with Gasteiger partial charge in [0.15, 0.2) is 0 Å². The van der Waals surface area contributed by atoms with Crippen LogP contribution in [-0.4, -0.2) is 23.7 Å². The first-order valence-corrected chi connectivity index (χ1v) is 7.04. The summed E-state index contributed by atoms with van der Waals surface area (Å²) < 4.78 is 13.7. The van der Waals surface area contributed by atoms with E-state index in [9.17, 15) is 9.18 Å². The van der Waals surface area contributed by atoms with E-state index in [2.05, 4.69) is 11.8 Å². The van der Waals surface area contributed by atoms with Crippen molar-refractivity contribution in [3.8, 4) is 0 Å². The molecule has 1 atom stereocenters. The van der Waals surface area contributed by atoms with Crippen LogP contribution in [0.2, 0.25) is 0 Å². The number of aliphatic carboxylic acids is 1. The number of hydrogen-bond acceptors (Lipinski definition) is 2. The second kappa shape index (κ2) is 6.55. The third-order valence-corrected chi connectivity index (χ3v) is 3.71. The summed E-state index contributed by atoms with van der Waals surface area (Å²) >= 11 is 0. The summed E-state index contributed by atoms with van der Waals surface area (Å²) in [7, 11) is 0. The van der Waals surface area contributed by atoms with Gasteiger partial charge >= 0.3 is 5.97 Å². The fourth-order valence-electron chi connectivity index (χ4n) is 2.68. The molecular weight excluding hydrogens is 257 g/mol. The Balaban J connectivity index is 2.28. The Morgan fingerprint density at radius 1 is 1.35 bits per heavy atom. The molecule has 1 N–H and O–H groups in total. The largest absolute Gasteiger partial charge is 0.478 e. The number of nitrogens with zero attached hydrogens (tertiary/aromatic N) is 1. The Kier molecular flexibility index (Phi) is 4.77. The molecule has 0 radical (unpaired) electrons. The second-order valence-electron chi connectivity index (χ2n) is 5.31. The van der Waals surface area contributed by atoms with Crippen LogP contribution in [0.3, 0.4) is 0 Å². The molecule has 0 bridgehead atoms. The smallest absolute Gasteiger partial charge is 0.328 e. The van der Waals surface area contributed by atoms with Gasteiger partial charge < -0.3 is 10.0 Å². The highest BCUT2D eigenvalue weighted by atomic mass is 19.1. The van der Waals surface area contributed by atoms with E-state index in [1.54, 1.807) is 0 Å². The van der Waals surface area contributed by atoms with Crippen LogP contribution in [0.15, 0.2) is 24.3 Å². The van der Waals surface area contributed by atoms with Gasteiger partial charge in [0.05, 0.1) is 0 Å². The maximum Gasteiger partial charge on any atom is 0.328 e. The lowest BCUT2D eigenvalue weighted by Gasteiger charge is -2.29. The summed E-state index contributed by atoms with van der Waals surface area (Å²) in [5.74, 6) is -1.36. The molecule has 1 fully saturated rings. The number of anilines is 1. The Hall–Kier alpha value is -1.84. The van der Waals surface area contributed by atoms with E-state index in [1.165, 1.54) is 31.1 Å². The molecule has 0 saturated carbocycles. The van der Waals surface area contributed by atoms with Crippen molar-refractivity contribution in [2.45, 2.75) is 38.6 Å². The summed E-state index contributed by atoms with van der Waals surface area (Å²) in [5, 5.41) is 8.65. The van der Waals surface area contributed by atoms with E-state index in [4.69, 9.17) is 5.11 Å². The van der Waals surface area contributed by atoms with E-state index in [0.29, 0.717) is 11.6 Å². The molecular formula is C16H20FNO2. The molecule has 0 amide bonds. The van der Waals surface area contributed by atoms with Crippen molar-refractivity contribution in [2.24, 2.45) is 0 Å². The van der Waals surface area contributed by atoms with E-state index in [-0.39, 0.29) is 5.82 Å². The first-order valence-electron chi connectivity index (χ1n) is 7.04. The minimum Gasteiger partial charge on any atom is -0.478 e. The summed E-state index contributed by atoms with van der Waals surface area (Å²) in [6, 6.07) is 5.12. The number of benzene rings is 1. The van der Waals surface area contributed by atoms with Gasteiger partial charge in [-0.05, 0) is 49.6 Å². The molecule has 0 spiro atoms. The lowest BCUT2D eigenvalue weighted by atomic mass is 10.1. The number of rotatable bonds is 3. The first-order chi connectivity index (χ1) is 9.56. The van der Waals surface area contributed by atoms with Crippen molar-refractivity contribution < 1.29 is 14.3 Å². The number of carbonyl (C=O) groups is 1. The summed E-state index contributed by atoms with van der Waals surface area (Å²) in [4.78, 5) is 12.8. The molecule has 3 nitrogen and oxygen atoms in total. The Bertz CT molecular complexity index is 513. The van der Waals surface area contributed by atoms with Crippen LogP contribution in [0.5, 0.6) is 0 Å². The average Bonchev–Trinajstić information content (AvgIpc) is 2.60. The Morgan fingerprint density at radius 2 is 2.15 bits per heavy atom. The average molecular weight is 277 g/mol. The SMILES string of the molecule is CC1CCCCCN1c1cc(F)cc(/C=C/C(=O)O)c1. The zero-order valence-corrected chi connectivity index (χ0v) is 11.7. The van der Waals surface area contributed by atoms with Crippen molar-refractivity contribution in [3.63, 3.8) is 0 Å². The van der Waals surface area contributed by atoms with Crippen LogP contribution in [0, 0.1) is 5.82 Å². The van der Waals surface area contributed by atoms with Crippen molar-refractivity contribution >= 4 is 17.7 Å². The standard InChI is InChI=1S/C16H20FNO2/c1-12-5-3-2-4-8-18(12)15-10-13(6-7-16(19)20)9-14(17)11-15/h6-7,9-12H,2-5,8H2,1H3,(H,19,20)/b7-6+. The van der Waals surface area contributed by atoms with Crippen LogP contribution in [-0.2, 0) is 4.79 Å². The highest BCUT2D eigenvalue weighted by molar-refractivity contribution is 5.85.